The fourth-order valence-corrected chi connectivity index (χ4v) is 2.23. The molecular formula is C18H17ClN2OS. The van der Waals surface area contributed by atoms with Gasteiger partial charge in [0.05, 0.1) is 0 Å². The molecule has 0 bridgehead atoms. The molecule has 0 aliphatic carbocycles. The van der Waals surface area contributed by atoms with Crippen LogP contribution in [-0.2, 0) is 11.3 Å². The van der Waals surface area contributed by atoms with Crippen LogP contribution < -0.4 is 10.6 Å². The first kappa shape index (κ1) is 17.2. The van der Waals surface area contributed by atoms with Gasteiger partial charge in [-0.05, 0) is 42.4 Å². The van der Waals surface area contributed by atoms with Crippen LogP contribution in [0, 0.1) is 6.92 Å². The van der Waals surface area contributed by atoms with Crippen molar-refractivity contribution in [3.63, 3.8) is 0 Å². The number of thiocarbonyl (C=S) groups is 1. The molecule has 118 valence electrons. The number of halogens is 1. The van der Waals surface area contributed by atoms with Gasteiger partial charge in [0, 0.05) is 17.6 Å². The molecule has 1 amide bonds. The van der Waals surface area contributed by atoms with Gasteiger partial charge in [-0.25, -0.2) is 0 Å². The minimum Gasteiger partial charge on any atom is -0.358 e. The SMILES string of the molecule is Cc1ccc(CNC(=S)NC(=O)/C=C/c2ccccc2Cl)cc1. The van der Waals surface area contributed by atoms with E-state index in [1.54, 1.807) is 12.1 Å². The number of hydrogen-bond acceptors (Lipinski definition) is 2. The first-order valence-corrected chi connectivity index (χ1v) is 7.90. The molecule has 3 nitrogen and oxygen atoms in total. The Labute approximate surface area is 146 Å². The lowest BCUT2D eigenvalue weighted by Crippen LogP contribution is -2.37. The predicted molar refractivity (Wildman–Crippen MR) is 99.2 cm³/mol. The van der Waals surface area contributed by atoms with E-state index in [1.165, 1.54) is 11.6 Å². The molecule has 0 radical (unpaired) electrons. The maximum atomic E-state index is 11.8. The molecule has 0 aliphatic heterocycles. The first-order valence-electron chi connectivity index (χ1n) is 7.11. The molecule has 0 atom stereocenters. The molecule has 0 aromatic heterocycles. The van der Waals surface area contributed by atoms with Crippen LogP contribution in [0.15, 0.2) is 54.6 Å². The summed E-state index contributed by atoms with van der Waals surface area (Å²) in [7, 11) is 0. The summed E-state index contributed by atoms with van der Waals surface area (Å²) in [6.07, 6.45) is 3.06. The summed E-state index contributed by atoms with van der Waals surface area (Å²) < 4.78 is 0. The minimum absolute atomic E-state index is 0.291. The standard InChI is InChI=1S/C18H17ClN2OS/c1-13-6-8-14(9-7-13)12-20-18(23)21-17(22)11-10-15-4-2-3-5-16(15)19/h2-11H,12H2,1H3,(H2,20,21,22,23)/b11-10+. The second-order valence-corrected chi connectivity index (χ2v) is 5.83. The van der Waals surface area contributed by atoms with Crippen LogP contribution in [-0.4, -0.2) is 11.0 Å². The smallest absolute Gasteiger partial charge is 0.250 e. The Balaban J connectivity index is 1.81. The van der Waals surface area contributed by atoms with Gasteiger partial charge < -0.3 is 5.32 Å². The topological polar surface area (TPSA) is 41.1 Å². The minimum atomic E-state index is -0.300. The van der Waals surface area contributed by atoms with Crippen LogP contribution in [0.3, 0.4) is 0 Å². The second-order valence-electron chi connectivity index (χ2n) is 5.01. The number of rotatable bonds is 4. The van der Waals surface area contributed by atoms with Gasteiger partial charge in [0.15, 0.2) is 5.11 Å². The van der Waals surface area contributed by atoms with E-state index < -0.39 is 0 Å². The molecule has 5 heteroatoms. The summed E-state index contributed by atoms with van der Waals surface area (Å²) in [5.41, 5.74) is 3.08. The lowest BCUT2D eigenvalue weighted by atomic mass is 10.1. The Morgan fingerprint density at radius 3 is 2.57 bits per heavy atom. The van der Waals surface area contributed by atoms with E-state index in [0.29, 0.717) is 16.7 Å². The highest BCUT2D eigenvalue weighted by Crippen LogP contribution is 2.15. The fourth-order valence-electron chi connectivity index (χ4n) is 1.86. The van der Waals surface area contributed by atoms with Gasteiger partial charge in [0.1, 0.15) is 0 Å². The molecule has 0 aliphatic rings. The van der Waals surface area contributed by atoms with Crippen LogP contribution in [0.25, 0.3) is 6.08 Å². The van der Waals surface area contributed by atoms with Gasteiger partial charge in [0.2, 0.25) is 5.91 Å². The number of carbonyl (C=O) groups is 1. The van der Waals surface area contributed by atoms with Crippen LogP contribution >= 0.6 is 23.8 Å². The summed E-state index contributed by atoms with van der Waals surface area (Å²) in [6, 6.07) is 15.4. The van der Waals surface area contributed by atoms with Gasteiger partial charge in [-0.1, -0.05) is 59.6 Å². The molecule has 23 heavy (non-hydrogen) atoms. The highest BCUT2D eigenvalue weighted by atomic mass is 35.5. The number of carbonyl (C=O) groups excluding carboxylic acids is 1. The largest absolute Gasteiger partial charge is 0.358 e. The Kier molecular flexibility index (Phi) is 6.32. The summed E-state index contributed by atoms with van der Waals surface area (Å²) in [5, 5.41) is 6.49. The normalized spacial score (nSPS) is 10.5. The van der Waals surface area contributed by atoms with Crippen molar-refractivity contribution in [2.24, 2.45) is 0 Å². The molecule has 0 spiro atoms. The summed E-state index contributed by atoms with van der Waals surface area (Å²) in [6.45, 7) is 2.60. The zero-order chi connectivity index (χ0) is 16.7. The Bertz CT molecular complexity index is 726. The van der Waals surface area contributed by atoms with Crippen LogP contribution in [0.4, 0.5) is 0 Å². The average Bonchev–Trinajstić information content (AvgIpc) is 2.53. The number of hydrogen-bond donors (Lipinski definition) is 2. The molecule has 2 rings (SSSR count). The average molecular weight is 345 g/mol. The van der Waals surface area contributed by atoms with Crippen molar-refractivity contribution in [2.75, 3.05) is 0 Å². The summed E-state index contributed by atoms with van der Waals surface area (Å²) >= 11 is 11.1. The Morgan fingerprint density at radius 1 is 1.17 bits per heavy atom. The fraction of sp³-hybridized carbons (Fsp3) is 0.111. The molecule has 0 heterocycles. The van der Waals surface area contributed by atoms with E-state index in [4.69, 9.17) is 23.8 Å². The highest BCUT2D eigenvalue weighted by molar-refractivity contribution is 7.80. The van der Waals surface area contributed by atoms with E-state index in [9.17, 15) is 4.79 Å². The molecular weight excluding hydrogens is 328 g/mol. The number of aryl methyl sites for hydroxylation is 1. The number of amides is 1. The van der Waals surface area contributed by atoms with Gasteiger partial charge >= 0.3 is 0 Å². The monoisotopic (exact) mass is 344 g/mol. The first-order chi connectivity index (χ1) is 11.0. The van der Waals surface area contributed by atoms with Crippen molar-refractivity contribution in [3.8, 4) is 0 Å². The predicted octanol–water partition coefficient (Wildman–Crippen LogP) is 3.85. The summed E-state index contributed by atoms with van der Waals surface area (Å²) in [4.78, 5) is 11.8. The Morgan fingerprint density at radius 2 is 1.87 bits per heavy atom. The van der Waals surface area contributed by atoms with Crippen molar-refractivity contribution >= 4 is 40.9 Å². The molecule has 0 saturated heterocycles. The van der Waals surface area contributed by atoms with Gasteiger partial charge in [-0.2, -0.15) is 0 Å². The van der Waals surface area contributed by atoms with Crippen molar-refractivity contribution in [2.45, 2.75) is 13.5 Å². The van der Waals surface area contributed by atoms with Crippen molar-refractivity contribution in [1.82, 2.24) is 10.6 Å². The second kappa shape index (κ2) is 8.46. The molecule has 0 unspecified atom stereocenters. The van der Waals surface area contributed by atoms with Crippen molar-refractivity contribution < 1.29 is 4.79 Å². The van der Waals surface area contributed by atoms with E-state index in [2.05, 4.69) is 10.6 Å². The third kappa shape index (κ3) is 5.85. The Hall–Kier alpha value is -2.17. The third-order valence-corrected chi connectivity index (χ3v) is 3.72. The number of benzene rings is 2. The maximum absolute atomic E-state index is 11.8. The highest BCUT2D eigenvalue weighted by Gasteiger charge is 2.01. The zero-order valence-electron chi connectivity index (χ0n) is 12.7. The number of nitrogens with one attached hydrogen (secondary N) is 2. The van der Waals surface area contributed by atoms with Crippen LogP contribution in [0.1, 0.15) is 16.7 Å². The van der Waals surface area contributed by atoms with Crippen LogP contribution in [0.5, 0.6) is 0 Å². The van der Waals surface area contributed by atoms with Crippen molar-refractivity contribution in [1.29, 1.82) is 0 Å². The molecule has 2 aromatic carbocycles. The van der Waals surface area contributed by atoms with E-state index in [1.807, 2.05) is 49.4 Å². The third-order valence-electron chi connectivity index (χ3n) is 3.13. The lowest BCUT2D eigenvalue weighted by Gasteiger charge is -2.08. The molecule has 2 aromatic rings. The van der Waals surface area contributed by atoms with Gasteiger partial charge in [-0.3, -0.25) is 10.1 Å². The lowest BCUT2D eigenvalue weighted by molar-refractivity contribution is -0.115. The summed E-state index contributed by atoms with van der Waals surface area (Å²) in [5.74, 6) is -0.300. The quantitative estimate of drug-likeness (QED) is 0.653. The van der Waals surface area contributed by atoms with Crippen LogP contribution in [0.2, 0.25) is 5.02 Å². The van der Waals surface area contributed by atoms with E-state index in [-0.39, 0.29) is 5.91 Å². The van der Waals surface area contributed by atoms with Gasteiger partial charge in [0.25, 0.3) is 0 Å². The van der Waals surface area contributed by atoms with E-state index >= 15 is 0 Å². The molecule has 0 saturated carbocycles. The van der Waals surface area contributed by atoms with Crippen molar-refractivity contribution in [3.05, 3.63) is 76.3 Å². The van der Waals surface area contributed by atoms with Gasteiger partial charge in [-0.15, -0.1) is 0 Å². The van der Waals surface area contributed by atoms with E-state index in [0.717, 1.165) is 11.1 Å². The molecule has 2 N–H and O–H groups in total. The molecule has 0 fully saturated rings. The zero-order valence-corrected chi connectivity index (χ0v) is 14.2. The maximum Gasteiger partial charge on any atom is 0.250 e.